The SMILES string of the molecule is O=C(NCC1CN(c2ccc(Cl)cc2)CCO1)c1ncc(O)cn1. The number of carbonyl (C=O) groups is 1. The molecule has 1 aromatic heterocycles. The van der Waals surface area contributed by atoms with Crippen molar-refractivity contribution in [2.24, 2.45) is 0 Å². The molecule has 0 spiro atoms. The summed E-state index contributed by atoms with van der Waals surface area (Å²) in [4.78, 5) is 21.7. The summed E-state index contributed by atoms with van der Waals surface area (Å²) in [6, 6.07) is 7.64. The van der Waals surface area contributed by atoms with Gasteiger partial charge in [-0.2, -0.15) is 0 Å². The Bertz CT molecular complexity index is 693. The Morgan fingerprint density at radius 3 is 2.75 bits per heavy atom. The van der Waals surface area contributed by atoms with Gasteiger partial charge in [-0.05, 0) is 24.3 Å². The number of halogens is 1. The lowest BCUT2D eigenvalue weighted by Gasteiger charge is -2.34. The van der Waals surface area contributed by atoms with E-state index < -0.39 is 5.91 Å². The molecule has 1 aliphatic rings. The van der Waals surface area contributed by atoms with Gasteiger partial charge in [0.1, 0.15) is 0 Å². The number of aromatic hydroxyl groups is 1. The number of rotatable bonds is 4. The molecule has 1 fully saturated rings. The van der Waals surface area contributed by atoms with Crippen LogP contribution in [0, 0.1) is 0 Å². The van der Waals surface area contributed by atoms with Crippen LogP contribution in [0.2, 0.25) is 5.02 Å². The molecule has 1 unspecified atom stereocenters. The van der Waals surface area contributed by atoms with Gasteiger partial charge in [0, 0.05) is 30.3 Å². The first-order chi connectivity index (χ1) is 11.6. The number of aromatic nitrogens is 2. The number of hydrogen-bond acceptors (Lipinski definition) is 6. The third-order valence-electron chi connectivity index (χ3n) is 3.66. The van der Waals surface area contributed by atoms with Crippen LogP contribution in [0.25, 0.3) is 0 Å². The predicted octanol–water partition coefficient (Wildman–Crippen LogP) is 1.47. The van der Waals surface area contributed by atoms with Crippen LogP contribution in [0.15, 0.2) is 36.7 Å². The highest BCUT2D eigenvalue weighted by atomic mass is 35.5. The van der Waals surface area contributed by atoms with Crippen molar-refractivity contribution in [3.05, 3.63) is 47.5 Å². The number of ether oxygens (including phenoxy) is 1. The monoisotopic (exact) mass is 348 g/mol. The maximum atomic E-state index is 12.0. The van der Waals surface area contributed by atoms with Gasteiger partial charge in [0.05, 0.1) is 25.1 Å². The summed E-state index contributed by atoms with van der Waals surface area (Å²) in [5.41, 5.74) is 1.07. The second kappa shape index (κ2) is 7.46. The second-order valence-corrected chi connectivity index (χ2v) is 5.83. The van der Waals surface area contributed by atoms with Crippen LogP contribution in [0.5, 0.6) is 5.75 Å². The first kappa shape index (κ1) is 16.5. The summed E-state index contributed by atoms with van der Waals surface area (Å²) >= 11 is 5.91. The first-order valence-corrected chi connectivity index (χ1v) is 7.91. The lowest BCUT2D eigenvalue weighted by atomic mass is 10.2. The Morgan fingerprint density at radius 2 is 2.04 bits per heavy atom. The summed E-state index contributed by atoms with van der Waals surface area (Å²) in [7, 11) is 0. The number of nitrogens with zero attached hydrogens (tertiary/aromatic N) is 3. The average molecular weight is 349 g/mol. The minimum atomic E-state index is -0.401. The first-order valence-electron chi connectivity index (χ1n) is 7.53. The standard InChI is InChI=1S/C16H17ClN4O3/c17-11-1-3-12(4-2-11)21-5-6-24-14(10-21)9-20-16(23)15-18-7-13(22)8-19-15/h1-4,7-8,14,22H,5-6,9-10H2,(H,20,23). The van der Waals surface area contributed by atoms with Gasteiger partial charge < -0.3 is 20.1 Å². The zero-order valence-corrected chi connectivity index (χ0v) is 13.6. The van der Waals surface area contributed by atoms with Gasteiger partial charge in [-0.25, -0.2) is 9.97 Å². The van der Waals surface area contributed by atoms with Crippen LogP contribution in [0.1, 0.15) is 10.6 Å². The van der Waals surface area contributed by atoms with Gasteiger partial charge in [-0.3, -0.25) is 4.79 Å². The van der Waals surface area contributed by atoms with E-state index in [4.69, 9.17) is 21.4 Å². The number of benzene rings is 1. The topological polar surface area (TPSA) is 87.6 Å². The lowest BCUT2D eigenvalue weighted by molar-refractivity contribution is 0.0396. The van der Waals surface area contributed by atoms with Crippen LogP contribution in [0.4, 0.5) is 5.69 Å². The van der Waals surface area contributed by atoms with Crippen molar-refractivity contribution in [3.63, 3.8) is 0 Å². The molecule has 126 valence electrons. The van der Waals surface area contributed by atoms with E-state index in [1.54, 1.807) is 0 Å². The average Bonchev–Trinajstić information content (AvgIpc) is 2.61. The van der Waals surface area contributed by atoms with Crippen molar-refractivity contribution in [1.29, 1.82) is 0 Å². The quantitative estimate of drug-likeness (QED) is 0.870. The molecule has 7 nitrogen and oxygen atoms in total. The van der Waals surface area contributed by atoms with Crippen LogP contribution in [0.3, 0.4) is 0 Å². The number of nitrogens with one attached hydrogen (secondary N) is 1. The molecule has 0 bridgehead atoms. The largest absolute Gasteiger partial charge is 0.505 e. The van der Waals surface area contributed by atoms with Crippen molar-refractivity contribution in [1.82, 2.24) is 15.3 Å². The van der Waals surface area contributed by atoms with E-state index >= 15 is 0 Å². The number of anilines is 1. The molecule has 0 radical (unpaired) electrons. The molecule has 1 amide bonds. The summed E-state index contributed by atoms with van der Waals surface area (Å²) in [5, 5.41) is 12.6. The smallest absolute Gasteiger partial charge is 0.289 e. The molecule has 0 saturated carbocycles. The van der Waals surface area contributed by atoms with Gasteiger partial charge in [-0.15, -0.1) is 0 Å². The number of amides is 1. The van der Waals surface area contributed by atoms with Crippen LogP contribution >= 0.6 is 11.6 Å². The van der Waals surface area contributed by atoms with E-state index in [1.165, 1.54) is 12.4 Å². The summed E-state index contributed by atoms with van der Waals surface area (Å²) in [6.07, 6.45) is 2.23. The molecule has 1 atom stereocenters. The molecule has 0 aliphatic carbocycles. The van der Waals surface area contributed by atoms with Gasteiger partial charge >= 0.3 is 0 Å². The zero-order valence-electron chi connectivity index (χ0n) is 12.9. The fourth-order valence-corrected chi connectivity index (χ4v) is 2.58. The molecule has 2 N–H and O–H groups in total. The van der Waals surface area contributed by atoms with Crippen molar-refractivity contribution < 1.29 is 14.6 Å². The van der Waals surface area contributed by atoms with Gasteiger partial charge in [-0.1, -0.05) is 11.6 Å². The molecule has 1 aromatic carbocycles. The zero-order chi connectivity index (χ0) is 16.9. The van der Waals surface area contributed by atoms with Crippen molar-refractivity contribution in [2.75, 3.05) is 31.1 Å². The molecule has 24 heavy (non-hydrogen) atoms. The Balaban J connectivity index is 1.54. The van der Waals surface area contributed by atoms with Gasteiger partial charge in [0.2, 0.25) is 5.82 Å². The van der Waals surface area contributed by atoms with E-state index in [9.17, 15) is 4.79 Å². The van der Waals surface area contributed by atoms with E-state index in [-0.39, 0.29) is 17.7 Å². The van der Waals surface area contributed by atoms with Gasteiger partial charge in [0.15, 0.2) is 5.75 Å². The molecule has 1 aliphatic heterocycles. The second-order valence-electron chi connectivity index (χ2n) is 5.39. The van der Waals surface area contributed by atoms with Crippen LogP contribution in [-0.4, -0.2) is 53.3 Å². The molecular weight excluding hydrogens is 332 g/mol. The van der Waals surface area contributed by atoms with Crippen LogP contribution in [-0.2, 0) is 4.74 Å². The number of morpholine rings is 1. The summed E-state index contributed by atoms with van der Waals surface area (Å²) in [6.45, 7) is 2.39. The molecule has 2 heterocycles. The van der Waals surface area contributed by atoms with E-state index in [1.807, 2.05) is 24.3 Å². The third kappa shape index (κ3) is 4.12. The molecule has 8 heteroatoms. The Labute approximate surface area is 144 Å². The molecular formula is C16H17ClN4O3. The number of carbonyl (C=O) groups excluding carboxylic acids is 1. The number of hydrogen-bond donors (Lipinski definition) is 2. The highest BCUT2D eigenvalue weighted by Crippen LogP contribution is 2.20. The van der Waals surface area contributed by atoms with Crippen molar-refractivity contribution >= 4 is 23.2 Å². The minimum absolute atomic E-state index is 0.0122. The molecule has 2 aromatic rings. The highest BCUT2D eigenvalue weighted by Gasteiger charge is 2.22. The van der Waals surface area contributed by atoms with E-state index in [0.717, 1.165) is 12.2 Å². The molecule has 3 rings (SSSR count). The normalized spacial score (nSPS) is 17.5. The fourth-order valence-electron chi connectivity index (χ4n) is 2.45. The third-order valence-corrected chi connectivity index (χ3v) is 3.91. The minimum Gasteiger partial charge on any atom is -0.505 e. The maximum absolute atomic E-state index is 12.0. The molecule has 1 saturated heterocycles. The van der Waals surface area contributed by atoms with Crippen molar-refractivity contribution in [3.8, 4) is 5.75 Å². The van der Waals surface area contributed by atoms with Crippen molar-refractivity contribution in [2.45, 2.75) is 6.10 Å². The van der Waals surface area contributed by atoms with E-state index in [0.29, 0.717) is 24.7 Å². The summed E-state index contributed by atoms with van der Waals surface area (Å²) < 4.78 is 5.70. The maximum Gasteiger partial charge on any atom is 0.289 e. The van der Waals surface area contributed by atoms with Gasteiger partial charge in [0.25, 0.3) is 5.91 Å². The lowest BCUT2D eigenvalue weighted by Crippen LogP contribution is -2.47. The fraction of sp³-hybridized carbons (Fsp3) is 0.312. The van der Waals surface area contributed by atoms with E-state index in [2.05, 4.69) is 20.2 Å². The highest BCUT2D eigenvalue weighted by molar-refractivity contribution is 6.30. The van der Waals surface area contributed by atoms with Crippen LogP contribution < -0.4 is 10.2 Å². The predicted molar refractivity (Wildman–Crippen MR) is 89.4 cm³/mol. The summed E-state index contributed by atoms with van der Waals surface area (Å²) in [5.74, 6) is -0.471. The Kier molecular flexibility index (Phi) is 5.12. The Morgan fingerprint density at radius 1 is 1.33 bits per heavy atom. The Hall–Kier alpha value is -2.38.